The average Bonchev–Trinajstić information content (AvgIpc) is 3.23. The summed E-state index contributed by atoms with van der Waals surface area (Å²) < 4.78 is 5.17. The number of aromatic hydroxyl groups is 1. The summed E-state index contributed by atoms with van der Waals surface area (Å²) in [4.78, 5) is 15.0. The number of phenols is 1. The Morgan fingerprint density at radius 3 is 2.54 bits per heavy atom. The number of carbonyl (C=O) groups is 1. The maximum Gasteiger partial charge on any atom is 0.273 e. The van der Waals surface area contributed by atoms with Crippen LogP contribution in [-0.2, 0) is 4.74 Å². The molecule has 1 aliphatic heterocycles. The van der Waals surface area contributed by atoms with Crippen molar-refractivity contribution in [1.82, 2.24) is 15.1 Å². The van der Waals surface area contributed by atoms with Crippen LogP contribution < -0.4 is 0 Å². The van der Waals surface area contributed by atoms with Gasteiger partial charge in [0.1, 0.15) is 11.4 Å². The zero-order chi connectivity index (χ0) is 19.7. The summed E-state index contributed by atoms with van der Waals surface area (Å²) in [5.74, 6) is 0.139. The van der Waals surface area contributed by atoms with Gasteiger partial charge in [-0.3, -0.25) is 9.89 Å². The first-order chi connectivity index (χ1) is 13.6. The van der Waals surface area contributed by atoms with Crippen molar-refractivity contribution in [1.29, 1.82) is 0 Å². The van der Waals surface area contributed by atoms with Crippen molar-refractivity contribution in [2.24, 2.45) is 0 Å². The number of phenolic OH excluding ortho intramolecular Hbond substituents is 1. The summed E-state index contributed by atoms with van der Waals surface area (Å²) >= 11 is 0. The van der Waals surface area contributed by atoms with Gasteiger partial charge in [0.05, 0.1) is 11.7 Å². The molecular weight excluding hydrogens is 354 g/mol. The van der Waals surface area contributed by atoms with Crippen LogP contribution in [0.15, 0.2) is 48.5 Å². The van der Waals surface area contributed by atoms with E-state index in [1.807, 2.05) is 48.2 Å². The number of carbonyl (C=O) groups excluding carboxylic acids is 1. The number of benzene rings is 2. The Morgan fingerprint density at radius 1 is 1.14 bits per heavy atom. The first-order valence-corrected chi connectivity index (χ1v) is 9.34. The van der Waals surface area contributed by atoms with Crippen LogP contribution >= 0.6 is 0 Å². The third-order valence-electron chi connectivity index (χ3n) is 5.15. The number of methoxy groups -OCH3 is 1. The standard InChI is InChI=1S/C22H23N3O3/c1-14-4-6-15(7-5-14)19-18-20(24-23-19)22(27)25(12-3-13-28-2)21(18)16-8-10-17(26)11-9-16/h4-11,21,26H,3,12-13H2,1-2H3,(H,23,24). The number of aromatic amines is 1. The van der Waals surface area contributed by atoms with Gasteiger partial charge in [-0.2, -0.15) is 5.10 Å². The Hall–Kier alpha value is -3.12. The fraction of sp³-hybridized carbons (Fsp3) is 0.273. The number of rotatable bonds is 6. The minimum atomic E-state index is -0.255. The molecule has 6 heteroatoms. The number of H-pyrrole nitrogens is 1. The molecule has 0 aliphatic carbocycles. The predicted octanol–water partition coefficient (Wildman–Crippen LogP) is 3.67. The number of nitrogens with zero attached hydrogens (tertiary/aromatic N) is 2. The Morgan fingerprint density at radius 2 is 1.86 bits per heavy atom. The topological polar surface area (TPSA) is 78.5 Å². The molecule has 0 saturated heterocycles. The minimum Gasteiger partial charge on any atom is -0.508 e. The lowest BCUT2D eigenvalue weighted by molar-refractivity contribution is 0.0723. The third-order valence-corrected chi connectivity index (χ3v) is 5.15. The fourth-order valence-corrected chi connectivity index (χ4v) is 3.74. The molecule has 2 N–H and O–H groups in total. The number of hydrogen-bond acceptors (Lipinski definition) is 4. The van der Waals surface area contributed by atoms with Gasteiger partial charge in [0.15, 0.2) is 0 Å². The lowest BCUT2D eigenvalue weighted by atomic mass is 9.95. The van der Waals surface area contributed by atoms with Crippen LogP contribution in [0.1, 0.15) is 39.6 Å². The van der Waals surface area contributed by atoms with E-state index < -0.39 is 0 Å². The zero-order valence-electron chi connectivity index (χ0n) is 16.0. The van der Waals surface area contributed by atoms with Gasteiger partial charge in [-0.1, -0.05) is 42.0 Å². The first kappa shape index (κ1) is 18.3. The van der Waals surface area contributed by atoms with Gasteiger partial charge in [-0.15, -0.1) is 0 Å². The van der Waals surface area contributed by atoms with Gasteiger partial charge in [-0.05, 0) is 31.0 Å². The molecular formula is C22H23N3O3. The SMILES string of the molecule is COCCCN1C(=O)c2[nH]nc(-c3ccc(C)cc3)c2C1c1ccc(O)cc1. The van der Waals surface area contributed by atoms with Crippen molar-refractivity contribution in [3.05, 3.63) is 70.9 Å². The molecule has 0 radical (unpaired) electrons. The molecule has 2 heterocycles. The molecule has 1 aliphatic rings. The highest BCUT2D eigenvalue weighted by molar-refractivity contribution is 6.00. The van der Waals surface area contributed by atoms with E-state index in [2.05, 4.69) is 10.2 Å². The molecule has 28 heavy (non-hydrogen) atoms. The molecule has 2 aromatic carbocycles. The molecule has 1 atom stereocenters. The molecule has 144 valence electrons. The van der Waals surface area contributed by atoms with E-state index in [0.717, 1.165) is 28.8 Å². The molecule has 1 aromatic heterocycles. The highest BCUT2D eigenvalue weighted by Crippen LogP contribution is 2.43. The van der Waals surface area contributed by atoms with Crippen molar-refractivity contribution < 1.29 is 14.6 Å². The molecule has 3 aromatic rings. The second-order valence-corrected chi connectivity index (χ2v) is 7.07. The van der Waals surface area contributed by atoms with E-state index in [1.165, 1.54) is 5.56 Å². The lowest BCUT2D eigenvalue weighted by Gasteiger charge is -2.26. The van der Waals surface area contributed by atoms with Crippen molar-refractivity contribution in [2.45, 2.75) is 19.4 Å². The van der Waals surface area contributed by atoms with Crippen LogP contribution in [0.2, 0.25) is 0 Å². The van der Waals surface area contributed by atoms with E-state index in [1.54, 1.807) is 19.2 Å². The molecule has 0 spiro atoms. The molecule has 1 unspecified atom stereocenters. The number of ether oxygens (including phenoxy) is 1. The first-order valence-electron chi connectivity index (χ1n) is 9.34. The van der Waals surface area contributed by atoms with Crippen molar-refractivity contribution in [3.8, 4) is 17.0 Å². The summed E-state index contributed by atoms with van der Waals surface area (Å²) in [6.07, 6.45) is 0.744. The van der Waals surface area contributed by atoms with Crippen LogP contribution in [0.25, 0.3) is 11.3 Å². The number of fused-ring (bicyclic) bond motifs is 1. The highest BCUT2D eigenvalue weighted by atomic mass is 16.5. The normalized spacial score (nSPS) is 15.9. The predicted molar refractivity (Wildman–Crippen MR) is 106 cm³/mol. The van der Waals surface area contributed by atoms with Crippen molar-refractivity contribution >= 4 is 5.91 Å². The van der Waals surface area contributed by atoms with Crippen molar-refractivity contribution in [3.63, 3.8) is 0 Å². The monoisotopic (exact) mass is 377 g/mol. The van der Waals surface area contributed by atoms with Gasteiger partial charge >= 0.3 is 0 Å². The van der Waals surface area contributed by atoms with E-state index in [9.17, 15) is 9.90 Å². The van der Waals surface area contributed by atoms with E-state index in [0.29, 0.717) is 18.8 Å². The quantitative estimate of drug-likeness (QED) is 0.643. The molecule has 4 rings (SSSR count). The van der Waals surface area contributed by atoms with Gasteiger partial charge in [-0.25, -0.2) is 0 Å². The highest BCUT2D eigenvalue weighted by Gasteiger charge is 2.41. The van der Waals surface area contributed by atoms with Gasteiger partial charge in [0.2, 0.25) is 0 Å². The Balaban J connectivity index is 1.80. The van der Waals surface area contributed by atoms with E-state index >= 15 is 0 Å². The van der Waals surface area contributed by atoms with Gasteiger partial charge in [0, 0.05) is 31.4 Å². The summed E-state index contributed by atoms with van der Waals surface area (Å²) in [6.45, 7) is 3.20. The largest absolute Gasteiger partial charge is 0.508 e. The number of aryl methyl sites for hydroxylation is 1. The van der Waals surface area contributed by atoms with Crippen molar-refractivity contribution in [2.75, 3.05) is 20.3 Å². The second kappa shape index (κ2) is 7.48. The fourth-order valence-electron chi connectivity index (χ4n) is 3.74. The van der Waals surface area contributed by atoms with E-state index in [-0.39, 0.29) is 17.7 Å². The molecule has 0 bridgehead atoms. The maximum absolute atomic E-state index is 13.1. The number of aromatic nitrogens is 2. The average molecular weight is 377 g/mol. The summed E-state index contributed by atoms with van der Waals surface area (Å²) in [7, 11) is 1.66. The van der Waals surface area contributed by atoms with Crippen LogP contribution in [0.5, 0.6) is 5.75 Å². The lowest BCUT2D eigenvalue weighted by Crippen LogP contribution is -2.31. The molecule has 1 amide bonds. The van der Waals surface area contributed by atoms with Crippen LogP contribution in [0.4, 0.5) is 0 Å². The van der Waals surface area contributed by atoms with Crippen LogP contribution in [0, 0.1) is 6.92 Å². The summed E-state index contributed by atoms with van der Waals surface area (Å²) in [5, 5.41) is 17.1. The zero-order valence-corrected chi connectivity index (χ0v) is 16.0. The minimum absolute atomic E-state index is 0.0601. The van der Waals surface area contributed by atoms with Gasteiger partial charge in [0.25, 0.3) is 5.91 Å². The van der Waals surface area contributed by atoms with Crippen LogP contribution in [-0.4, -0.2) is 46.4 Å². The third kappa shape index (κ3) is 3.16. The van der Waals surface area contributed by atoms with Crippen LogP contribution in [0.3, 0.4) is 0 Å². The van der Waals surface area contributed by atoms with E-state index in [4.69, 9.17) is 4.74 Å². The maximum atomic E-state index is 13.1. The Kier molecular flexibility index (Phi) is 4.88. The molecule has 0 fully saturated rings. The number of amides is 1. The number of hydrogen-bond donors (Lipinski definition) is 2. The summed E-state index contributed by atoms with van der Waals surface area (Å²) in [6, 6.07) is 14.9. The Labute approximate surface area is 163 Å². The second-order valence-electron chi connectivity index (χ2n) is 7.07. The molecule has 0 saturated carbocycles. The molecule has 6 nitrogen and oxygen atoms in total. The van der Waals surface area contributed by atoms with Gasteiger partial charge < -0.3 is 14.7 Å². The summed E-state index contributed by atoms with van der Waals surface area (Å²) in [5.41, 5.74) is 5.29. The Bertz CT molecular complexity index is 977. The number of nitrogens with one attached hydrogen (secondary N) is 1. The smallest absolute Gasteiger partial charge is 0.273 e.